The van der Waals surface area contributed by atoms with E-state index in [-0.39, 0.29) is 12.2 Å². The summed E-state index contributed by atoms with van der Waals surface area (Å²) in [5, 5.41) is 1.000. The Morgan fingerprint density at radius 3 is 2.55 bits per heavy atom. The Morgan fingerprint density at radius 2 is 1.83 bits per heavy atom. The lowest BCUT2D eigenvalue weighted by atomic mass is 9.93. The summed E-state index contributed by atoms with van der Waals surface area (Å²) < 4.78 is 9.71. The number of terminal acetylenes is 1. The molecule has 0 aliphatic carbocycles. The van der Waals surface area contributed by atoms with Crippen LogP contribution in [-0.2, 0) is 16.1 Å². The maximum absolute atomic E-state index is 14.2. The van der Waals surface area contributed by atoms with Crippen molar-refractivity contribution in [1.29, 1.82) is 0 Å². The molecule has 0 spiro atoms. The van der Waals surface area contributed by atoms with Gasteiger partial charge in [0.05, 0.1) is 35.0 Å². The Balaban J connectivity index is 1.64. The number of ether oxygens (including phenoxy) is 1. The average Bonchev–Trinajstić information content (AvgIpc) is 3.53. The Bertz CT molecular complexity index is 2060. The van der Waals surface area contributed by atoms with Crippen molar-refractivity contribution in [3.05, 3.63) is 127 Å². The summed E-state index contributed by atoms with van der Waals surface area (Å²) in [5.41, 5.74) is 4.09. The maximum atomic E-state index is 14.2. The SMILES string of the molecule is C#CCn1cc(/C=c2\sc3n(c2=O)[C@@H](c2ccc(SC)cc2)C(C(=O)OCC)=C(c2ccccc2)N=3)c2ccccc21. The summed E-state index contributed by atoms with van der Waals surface area (Å²) in [6, 6.07) is 24.8. The summed E-state index contributed by atoms with van der Waals surface area (Å²) >= 11 is 2.94. The number of rotatable bonds is 7. The summed E-state index contributed by atoms with van der Waals surface area (Å²) in [5.74, 6) is 2.21. The molecule has 0 saturated carbocycles. The van der Waals surface area contributed by atoms with Gasteiger partial charge in [-0.1, -0.05) is 77.9 Å². The van der Waals surface area contributed by atoms with Crippen molar-refractivity contribution >= 4 is 51.7 Å². The van der Waals surface area contributed by atoms with Gasteiger partial charge in [0, 0.05) is 33.1 Å². The highest BCUT2D eigenvalue weighted by Crippen LogP contribution is 2.35. The Kier molecular flexibility index (Phi) is 7.70. The van der Waals surface area contributed by atoms with E-state index < -0.39 is 12.0 Å². The van der Waals surface area contributed by atoms with E-state index in [0.717, 1.165) is 32.5 Å². The van der Waals surface area contributed by atoms with Crippen molar-refractivity contribution < 1.29 is 9.53 Å². The lowest BCUT2D eigenvalue weighted by Gasteiger charge is -2.26. The van der Waals surface area contributed by atoms with Gasteiger partial charge in [0.2, 0.25) is 0 Å². The number of thioether (sulfide) groups is 1. The van der Waals surface area contributed by atoms with Gasteiger partial charge in [0.1, 0.15) is 0 Å². The molecular formula is C34H27N3O3S2. The summed E-state index contributed by atoms with van der Waals surface area (Å²) in [6.45, 7) is 2.40. The predicted octanol–water partition coefficient (Wildman–Crippen LogP) is 5.25. The molecule has 208 valence electrons. The van der Waals surface area contributed by atoms with Gasteiger partial charge in [-0.15, -0.1) is 18.2 Å². The van der Waals surface area contributed by atoms with Crippen LogP contribution in [0.2, 0.25) is 0 Å². The molecule has 5 aromatic rings. The van der Waals surface area contributed by atoms with Crippen molar-refractivity contribution in [1.82, 2.24) is 9.13 Å². The zero-order valence-electron chi connectivity index (χ0n) is 23.1. The lowest BCUT2D eigenvalue weighted by molar-refractivity contribution is -0.138. The van der Waals surface area contributed by atoms with E-state index in [4.69, 9.17) is 16.2 Å². The first-order valence-corrected chi connectivity index (χ1v) is 15.5. The Hall–Kier alpha value is -4.58. The molecule has 0 unspecified atom stereocenters. The van der Waals surface area contributed by atoms with Crippen molar-refractivity contribution in [2.45, 2.75) is 24.4 Å². The molecule has 0 radical (unpaired) electrons. The molecule has 8 heteroatoms. The van der Waals surface area contributed by atoms with E-state index >= 15 is 0 Å². The highest BCUT2D eigenvalue weighted by molar-refractivity contribution is 7.98. The third kappa shape index (κ3) is 4.91. The fraction of sp³-hybridized carbons (Fsp3) is 0.147. The molecule has 0 N–H and O–H groups in total. The van der Waals surface area contributed by atoms with E-state index in [0.29, 0.717) is 27.1 Å². The van der Waals surface area contributed by atoms with Crippen LogP contribution in [0.25, 0.3) is 22.7 Å². The van der Waals surface area contributed by atoms with Gasteiger partial charge < -0.3 is 9.30 Å². The van der Waals surface area contributed by atoms with Gasteiger partial charge in [-0.3, -0.25) is 9.36 Å². The average molecular weight is 590 g/mol. The van der Waals surface area contributed by atoms with Gasteiger partial charge in [-0.2, -0.15) is 0 Å². The number of carbonyl (C=O) groups is 1. The van der Waals surface area contributed by atoms with Crippen LogP contribution in [0, 0.1) is 12.3 Å². The number of para-hydroxylation sites is 1. The van der Waals surface area contributed by atoms with E-state index in [9.17, 15) is 9.59 Å². The first-order chi connectivity index (χ1) is 20.5. The van der Waals surface area contributed by atoms with E-state index in [2.05, 4.69) is 5.92 Å². The molecule has 1 aliphatic rings. The lowest BCUT2D eigenvalue weighted by Crippen LogP contribution is -2.40. The number of benzene rings is 3. The van der Waals surface area contributed by atoms with Gasteiger partial charge in [0.15, 0.2) is 4.80 Å². The third-order valence-corrected chi connectivity index (χ3v) is 8.90. The molecule has 0 saturated heterocycles. The molecule has 1 atom stereocenters. The number of aromatic nitrogens is 2. The first kappa shape index (κ1) is 27.6. The minimum atomic E-state index is -0.712. The van der Waals surface area contributed by atoms with Crippen LogP contribution in [0.3, 0.4) is 0 Å². The highest BCUT2D eigenvalue weighted by Gasteiger charge is 2.35. The van der Waals surface area contributed by atoms with Crippen LogP contribution in [0.1, 0.15) is 29.7 Å². The van der Waals surface area contributed by atoms with Crippen molar-refractivity contribution in [3.8, 4) is 12.3 Å². The van der Waals surface area contributed by atoms with Crippen molar-refractivity contribution in [3.63, 3.8) is 0 Å². The quantitative estimate of drug-likeness (QED) is 0.148. The molecule has 0 amide bonds. The van der Waals surface area contributed by atoms with Crippen molar-refractivity contribution in [2.75, 3.05) is 12.9 Å². The van der Waals surface area contributed by atoms with Gasteiger partial charge in [-0.05, 0) is 43.0 Å². The molecule has 6 nitrogen and oxygen atoms in total. The Morgan fingerprint density at radius 1 is 1.10 bits per heavy atom. The topological polar surface area (TPSA) is 65.6 Å². The number of nitrogens with zero attached hydrogens (tertiary/aromatic N) is 3. The van der Waals surface area contributed by atoms with Crippen LogP contribution in [0.15, 0.2) is 105 Å². The number of thiazole rings is 1. The molecule has 3 aromatic carbocycles. The summed E-state index contributed by atoms with van der Waals surface area (Å²) in [4.78, 5) is 34.4. The van der Waals surface area contributed by atoms with Crippen molar-refractivity contribution in [2.24, 2.45) is 4.99 Å². The van der Waals surface area contributed by atoms with E-state index in [1.807, 2.05) is 102 Å². The fourth-order valence-electron chi connectivity index (χ4n) is 5.30. The fourth-order valence-corrected chi connectivity index (χ4v) is 6.70. The zero-order chi connectivity index (χ0) is 29.2. The third-order valence-electron chi connectivity index (χ3n) is 7.17. The number of carbonyl (C=O) groups excluding carboxylic acids is 1. The second-order valence-corrected chi connectivity index (χ2v) is 11.5. The van der Waals surface area contributed by atoms with Crippen LogP contribution >= 0.6 is 23.1 Å². The maximum Gasteiger partial charge on any atom is 0.338 e. The molecule has 42 heavy (non-hydrogen) atoms. The molecule has 6 rings (SSSR count). The standard InChI is InChI=1S/C34H27N3O3S2/c1-4-19-36-21-24(26-13-9-10-14-27(26)36)20-28-32(38)37-31(23-15-17-25(41-3)18-16-23)29(33(39)40-5-2)30(35-34(37)42-28)22-11-7-6-8-12-22/h1,6-18,20-21,31H,5,19H2,2-3H3/b28-20-/t31-/m0/s1. The van der Waals surface area contributed by atoms with Crippen LogP contribution < -0.4 is 14.9 Å². The minimum absolute atomic E-state index is 0.203. The summed E-state index contributed by atoms with van der Waals surface area (Å²) in [7, 11) is 0. The largest absolute Gasteiger partial charge is 0.463 e. The van der Waals surface area contributed by atoms with Gasteiger partial charge in [0.25, 0.3) is 5.56 Å². The zero-order valence-corrected chi connectivity index (χ0v) is 24.7. The number of esters is 1. The van der Waals surface area contributed by atoms with E-state index in [1.54, 1.807) is 23.3 Å². The minimum Gasteiger partial charge on any atom is -0.463 e. The highest BCUT2D eigenvalue weighted by atomic mass is 32.2. The molecule has 2 aromatic heterocycles. The normalized spacial score (nSPS) is 14.9. The monoisotopic (exact) mass is 589 g/mol. The number of hydrogen-bond donors (Lipinski definition) is 0. The van der Waals surface area contributed by atoms with Crippen LogP contribution in [0.4, 0.5) is 0 Å². The first-order valence-electron chi connectivity index (χ1n) is 13.5. The van der Waals surface area contributed by atoms with Gasteiger partial charge >= 0.3 is 5.97 Å². The summed E-state index contributed by atoms with van der Waals surface area (Å²) in [6.07, 6.45) is 11.5. The molecular weight excluding hydrogens is 563 g/mol. The Labute approximate surface area is 251 Å². The van der Waals surface area contributed by atoms with Crippen LogP contribution in [0.5, 0.6) is 0 Å². The predicted molar refractivity (Wildman–Crippen MR) is 170 cm³/mol. The number of hydrogen-bond acceptors (Lipinski definition) is 6. The molecule has 1 aliphatic heterocycles. The van der Waals surface area contributed by atoms with E-state index in [1.165, 1.54) is 11.3 Å². The molecule has 0 fully saturated rings. The second kappa shape index (κ2) is 11.7. The smallest absolute Gasteiger partial charge is 0.338 e. The second-order valence-electron chi connectivity index (χ2n) is 9.64. The molecule has 0 bridgehead atoms. The van der Waals surface area contributed by atoms with Crippen LogP contribution in [-0.4, -0.2) is 28.0 Å². The number of fused-ring (bicyclic) bond motifs is 2. The molecule has 3 heterocycles. The van der Waals surface area contributed by atoms with Gasteiger partial charge in [-0.25, -0.2) is 9.79 Å².